The fourth-order valence-electron chi connectivity index (χ4n) is 3.69. The summed E-state index contributed by atoms with van der Waals surface area (Å²) in [6, 6.07) is 20.5. The second kappa shape index (κ2) is 8.11. The maximum Gasteiger partial charge on any atom is 0.282 e. The van der Waals surface area contributed by atoms with E-state index in [1.54, 1.807) is 24.3 Å². The van der Waals surface area contributed by atoms with E-state index in [1.807, 2.05) is 63.2 Å². The lowest BCUT2D eigenvalue weighted by molar-refractivity contribution is -0.120. The quantitative estimate of drug-likeness (QED) is 0.598. The van der Waals surface area contributed by atoms with Gasteiger partial charge >= 0.3 is 0 Å². The molecule has 31 heavy (non-hydrogen) atoms. The fraction of sp³-hybridized carbons (Fsp3) is 0.154. The van der Waals surface area contributed by atoms with Gasteiger partial charge in [-0.05, 0) is 61.2 Å². The van der Waals surface area contributed by atoms with Gasteiger partial charge in [0, 0.05) is 5.69 Å². The minimum absolute atomic E-state index is 0.258. The standard InChI is InChI=1S/C26H24N2O3/c1-16-13-14-19(15-18(16)3)23-24(27-20-10-6-5-9-17(20)2)26(30)28(25(23)29)21-11-7-8-12-22(21)31-4/h5-15,27H,1-4H3. The summed E-state index contributed by atoms with van der Waals surface area (Å²) < 4.78 is 5.42. The Kier molecular flexibility index (Phi) is 5.34. The van der Waals surface area contributed by atoms with Crippen molar-refractivity contribution in [2.45, 2.75) is 20.8 Å². The fourth-order valence-corrected chi connectivity index (χ4v) is 3.69. The molecule has 0 atom stereocenters. The Morgan fingerprint density at radius 3 is 2.19 bits per heavy atom. The van der Waals surface area contributed by atoms with E-state index in [0.29, 0.717) is 22.6 Å². The van der Waals surface area contributed by atoms with E-state index in [-0.39, 0.29) is 11.6 Å². The summed E-state index contributed by atoms with van der Waals surface area (Å²) in [7, 11) is 1.52. The van der Waals surface area contributed by atoms with E-state index in [1.165, 1.54) is 12.0 Å². The first-order chi connectivity index (χ1) is 14.9. The summed E-state index contributed by atoms with van der Waals surface area (Å²) in [5.74, 6) is -0.333. The Morgan fingerprint density at radius 1 is 0.774 bits per heavy atom. The van der Waals surface area contributed by atoms with Crippen molar-refractivity contribution in [3.8, 4) is 5.75 Å². The highest BCUT2D eigenvalue weighted by Gasteiger charge is 2.41. The summed E-state index contributed by atoms with van der Waals surface area (Å²) in [4.78, 5) is 28.4. The molecule has 1 aliphatic heterocycles. The molecule has 0 aromatic heterocycles. The number of amides is 2. The normalized spacial score (nSPS) is 13.7. The molecule has 5 heteroatoms. The van der Waals surface area contributed by atoms with E-state index >= 15 is 0 Å². The molecule has 3 aromatic rings. The van der Waals surface area contributed by atoms with Crippen molar-refractivity contribution < 1.29 is 14.3 Å². The summed E-state index contributed by atoms with van der Waals surface area (Å²) in [6.45, 7) is 5.97. The molecule has 0 saturated carbocycles. The zero-order chi connectivity index (χ0) is 22.1. The number of rotatable bonds is 5. The largest absolute Gasteiger partial charge is 0.495 e. The highest BCUT2D eigenvalue weighted by molar-refractivity contribution is 6.46. The van der Waals surface area contributed by atoms with Crippen molar-refractivity contribution >= 4 is 28.8 Å². The van der Waals surface area contributed by atoms with Crippen LogP contribution in [0.4, 0.5) is 11.4 Å². The number of anilines is 2. The van der Waals surface area contributed by atoms with Crippen molar-refractivity contribution in [3.05, 3.63) is 94.7 Å². The van der Waals surface area contributed by atoms with Gasteiger partial charge in [-0.3, -0.25) is 9.59 Å². The van der Waals surface area contributed by atoms with E-state index < -0.39 is 5.91 Å². The van der Waals surface area contributed by atoms with Gasteiger partial charge in [0.25, 0.3) is 11.8 Å². The number of benzene rings is 3. The molecule has 1 aliphatic rings. The lowest BCUT2D eigenvalue weighted by atomic mass is 9.99. The summed E-state index contributed by atoms with van der Waals surface area (Å²) in [5, 5.41) is 3.24. The maximum absolute atomic E-state index is 13.6. The minimum atomic E-state index is -0.411. The van der Waals surface area contributed by atoms with E-state index in [2.05, 4.69) is 5.32 Å². The van der Waals surface area contributed by atoms with Crippen LogP contribution >= 0.6 is 0 Å². The lowest BCUT2D eigenvalue weighted by Gasteiger charge is -2.18. The van der Waals surface area contributed by atoms with Gasteiger partial charge < -0.3 is 10.1 Å². The Hall–Kier alpha value is -3.86. The molecule has 2 amide bonds. The first-order valence-corrected chi connectivity index (χ1v) is 10.1. The van der Waals surface area contributed by atoms with Crippen LogP contribution in [-0.2, 0) is 9.59 Å². The molecule has 0 unspecified atom stereocenters. The second-order valence-corrected chi connectivity index (χ2v) is 7.61. The van der Waals surface area contributed by atoms with Crippen LogP contribution in [0.25, 0.3) is 5.57 Å². The molecule has 0 bridgehead atoms. The number of hydrogen-bond donors (Lipinski definition) is 1. The predicted octanol–water partition coefficient (Wildman–Crippen LogP) is 5.02. The third kappa shape index (κ3) is 3.59. The molecule has 0 radical (unpaired) electrons. The Morgan fingerprint density at radius 2 is 1.48 bits per heavy atom. The maximum atomic E-state index is 13.6. The third-order valence-corrected chi connectivity index (χ3v) is 5.61. The molecule has 0 fully saturated rings. The first-order valence-electron chi connectivity index (χ1n) is 10.1. The Labute approximate surface area is 182 Å². The van der Waals surface area contributed by atoms with Gasteiger partial charge in [0.2, 0.25) is 0 Å². The third-order valence-electron chi connectivity index (χ3n) is 5.61. The van der Waals surface area contributed by atoms with E-state index in [4.69, 9.17) is 4.74 Å². The number of nitrogens with zero attached hydrogens (tertiary/aromatic N) is 1. The number of hydrogen-bond acceptors (Lipinski definition) is 4. The van der Waals surface area contributed by atoms with Crippen LogP contribution < -0.4 is 15.0 Å². The zero-order valence-corrected chi connectivity index (χ0v) is 18.0. The SMILES string of the molecule is COc1ccccc1N1C(=O)C(Nc2ccccc2C)=C(c2ccc(C)c(C)c2)C1=O. The van der Waals surface area contributed by atoms with Crippen LogP contribution in [0, 0.1) is 20.8 Å². The van der Waals surface area contributed by atoms with Crippen LogP contribution in [0.15, 0.2) is 72.4 Å². The minimum Gasteiger partial charge on any atom is -0.495 e. The van der Waals surface area contributed by atoms with Gasteiger partial charge in [0.1, 0.15) is 11.4 Å². The average molecular weight is 412 g/mol. The first kappa shape index (κ1) is 20.4. The highest BCUT2D eigenvalue weighted by atomic mass is 16.5. The molecule has 1 heterocycles. The van der Waals surface area contributed by atoms with Crippen LogP contribution in [0.5, 0.6) is 5.75 Å². The number of imide groups is 1. The Balaban J connectivity index is 1.88. The van der Waals surface area contributed by atoms with Crippen molar-refractivity contribution in [1.29, 1.82) is 0 Å². The molecule has 0 aliphatic carbocycles. The van der Waals surface area contributed by atoms with Gasteiger partial charge in [-0.25, -0.2) is 4.90 Å². The summed E-state index contributed by atoms with van der Waals surface area (Å²) >= 11 is 0. The number of methoxy groups -OCH3 is 1. The topological polar surface area (TPSA) is 58.6 Å². The van der Waals surface area contributed by atoms with Crippen LogP contribution in [0.3, 0.4) is 0 Å². The monoisotopic (exact) mass is 412 g/mol. The lowest BCUT2D eigenvalue weighted by Crippen LogP contribution is -2.32. The summed E-state index contributed by atoms with van der Waals surface area (Å²) in [5.41, 5.74) is 5.66. The highest BCUT2D eigenvalue weighted by Crippen LogP contribution is 2.38. The van der Waals surface area contributed by atoms with Gasteiger partial charge in [-0.15, -0.1) is 0 Å². The molecule has 156 valence electrons. The van der Waals surface area contributed by atoms with Crippen LogP contribution in [-0.4, -0.2) is 18.9 Å². The van der Waals surface area contributed by atoms with Gasteiger partial charge in [0.05, 0.1) is 18.4 Å². The molecule has 5 nitrogen and oxygen atoms in total. The second-order valence-electron chi connectivity index (χ2n) is 7.61. The number of nitrogens with one attached hydrogen (secondary N) is 1. The molecule has 4 rings (SSSR count). The van der Waals surface area contributed by atoms with E-state index in [0.717, 1.165) is 22.4 Å². The van der Waals surface area contributed by atoms with Gasteiger partial charge in [-0.2, -0.15) is 0 Å². The molecule has 1 N–H and O–H groups in total. The number of carbonyl (C=O) groups is 2. The average Bonchev–Trinajstić information content (AvgIpc) is 3.01. The number of ether oxygens (including phenoxy) is 1. The summed E-state index contributed by atoms with van der Waals surface area (Å²) in [6.07, 6.45) is 0. The smallest absolute Gasteiger partial charge is 0.282 e. The van der Waals surface area contributed by atoms with E-state index in [9.17, 15) is 9.59 Å². The van der Waals surface area contributed by atoms with Crippen molar-refractivity contribution in [2.24, 2.45) is 0 Å². The zero-order valence-electron chi connectivity index (χ0n) is 18.0. The predicted molar refractivity (Wildman–Crippen MR) is 123 cm³/mol. The van der Waals surface area contributed by atoms with Crippen molar-refractivity contribution in [1.82, 2.24) is 0 Å². The molecule has 0 spiro atoms. The molecule has 0 saturated heterocycles. The van der Waals surface area contributed by atoms with Crippen molar-refractivity contribution in [2.75, 3.05) is 17.3 Å². The molecular weight excluding hydrogens is 388 g/mol. The van der Waals surface area contributed by atoms with Gasteiger partial charge in [0.15, 0.2) is 0 Å². The molecular formula is C26H24N2O3. The number of carbonyl (C=O) groups excluding carboxylic acids is 2. The van der Waals surface area contributed by atoms with Crippen LogP contribution in [0.2, 0.25) is 0 Å². The number of para-hydroxylation sites is 3. The number of aryl methyl sites for hydroxylation is 3. The van der Waals surface area contributed by atoms with Crippen LogP contribution in [0.1, 0.15) is 22.3 Å². The van der Waals surface area contributed by atoms with Crippen molar-refractivity contribution in [3.63, 3.8) is 0 Å². The Bertz CT molecular complexity index is 1230. The molecule has 3 aromatic carbocycles. The van der Waals surface area contributed by atoms with Gasteiger partial charge in [-0.1, -0.05) is 48.5 Å².